The second-order valence-electron chi connectivity index (χ2n) is 7.62. The highest BCUT2D eigenvalue weighted by Gasteiger charge is 2.35. The third-order valence-corrected chi connectivity index (χ3v) is 5.52. The van der Waals surface area contributed by atoms with Crippen LogP contribution in [0.4, 0.5) is 17.1 Å². The summed E-state index contributed by atoms with van der Waals surface area (Å²) in [5.41, 5.74) is 4.19. The van der Waals surface area contributed by atoms with Gasteiger partial charge in [0.1, 0.15) is 0 Å². The smallest absolute Gasteiger partial charge is 0.291 e. The van der Waals surface area contributed by atoms with Gasteiger partial charge in [0.25, 0.3) is 5.91 Å². The highest BCUT2D eigenvalue weighted by molar-refractivity contribution is 6.04. The van der Waals surface area contributed by atoms with Crippen LogP contribution in [0.3, 0.4) is 0 Å². The van der Waals surface area contributed by atoms with E-state index in [1.165, 1.54) is 6.26 Å². The molecule has 0 spiro atoms. The quantitative estimate of drug-likeness (QED) is 0.653. The molecule has 0 bridgehead atoms. The van der Waals surface area contributed by atoms with E-state index in [-0.39, 0.29) is 29.9 Å². The Hall–Kier alpha value is -3.87. The van der Waals surface area contributed by atoms with Crippen LogP contribution in [0.25, 0.3) is 0 Å². The van der Waals surface area contributed by atoms with Gasteiger partial charge in [0, 0.05) is 30.0 Å². The molecule has 0 unspecified atom stereocenters. The Bertz CT molecular complexity index is 1120. The third kappa shape index (κ3) is 4.35. The molecule has 2 N–H and O–H groups in total. The van der Waals surface area contributed by atoms with Crippen LogP contribution >= 0.6 is 0 Å². The number of aryl methyl sites for hydroxylation is 1. The van der Waals surface area contributed by atoms with Crippen LogP contribution in [-0.4, -0.2) is 24.3 Å². The fraction of sp³-hybridized carbons (Fsp3) is 0.208. The summed E-state index contributed by atoms with van der Waals surface area (Å²) >= 11 is 0. The van der Waals surface area contributed by atoms with Crippen LogP contribution < -0.4 is 15.5 Å². The molecule has 31 heavy (non-hydrogen) atoms. The molecule has 2 aromatic carbocycles. The lowest BCUT2D eigenvalue weighted by molar-refractivity contribution is -0.122. The Morgan fingerprint density at radius 2 is 1.68 bits per heavy atom. The molecule has 1 atom stereocenters. The number of hydrogen-bond donors (Lipinski definition) is 2. The maximum absolute atomic E-state index is 12.7. The van der Waals surface area contributed by atoms with Gasteiger partial charge in [-0.15, -0.1) is 0 Å². The molecule has 1 fully saturated rings. The average molecular weight is 417 g/mol. The van der Waals surface area contributed by atoms with Gasteiger partial charge >= 0.3 is 0 Å². The van der Waals surface area contributed by atoms with Crippen LogP contribution in [0.5, 0.6) is 0 Å². The summed E-state index contributed by atoms with van der Waals surface area (Å²) in [6.45, 7) is 4.34. The molecule has 1 aromatic heterocycles. The summed E-state index contributed by atoms with van der Waals surface area (Å²) in [6.07, 6.45) is 1.61. The number of benzene rings is 2. The number of amides is 3. The highest BCUT2D eigenvalue weighted by Crippen LogP contribution is 2.30. The standard InChI is InChI=1S/C24H23N3O4/c1-15-5-3-6-20(16(15)2)27-14-17(13-22(27)28)23(29)25-18-8-10-19(11-9-18)26-24(30)21-7-4-12-31-21/h3-12,17H,13-14H2,1-2H3,(H,25,29)(H,26,30)/t17-/m0/s1. The number of furan rings is 1. The van der Waals surface area contributed by atoms with E-state index in [2.05, 4.69) is 10.6 Å². The van der Waals surface area contributed by atoms with Crippen molar-refractivity contribution in [2.75, 3.05) is 22.1 Å². The molecule has 1 saturated heterocycles. The molecule has 0 radical (unpaired) electrons. The highest BCUT2D eigenvalue weighted by atomic mass is 16.3. The first-order chi connectivity index (χ1) is 14.9. The number of carbonyl (C=O) groups is 3. The van der Waals surface area contributed by atoms with Crippen molar-refractivity contribution < 1.29 is 18.8 Å². The predicted octanol–water partition coefficient (Wildman–Crippen LogP) is 4.14. The van der Waals surface area contributed by atoms with E-state index in [0.29, 0.717) is 17.9 Å². The summed E-state index contributed by atoms with van der Waals surface area (Å²) < 4.78 is 5.06. The van der Waals surface area contributed by atoms with Crippen LogP contribution in [-0.2, 0) is 9.59 Å². The van der Waals surface area contributed by atoms with E-state index in [4.69, 9.17) is 4.42 Å². The molecule has 3 amide bonds. The van der Waals surface area contributed by atoms with Crippen molar-refractivity contribution in [1.82, 2.24) is 0 Å². The topological polar surface area (TPSA) is 91.7 Å². The minimum Gasteiger partial charge on any atom is -0.459 e. The molecule has 4 rings (SSSR count). The Morgan fingerprint density at radius 3 is 2.35 bits per heavy atom. The molecule has 7 nitrogen and oxygen atoms in total. The first-order valence-electron chi connectivity index (χ1n) is 10.0. The van der Waals surface area contributed by atoms with Crippen molar-refractivity contribution in [3.05, 3.63) is 77.7 Å². The Morgan fingerprint density at radius 1 is 0.968 bits per heavy atom. The lowest BCUT2D eigenvalue weighted by atomic mass is 10.1. The normalized spacial score (nSPS) is 15.7. The van der Waals surface area contributed by atoms with Crippen LogP contribution in [0.15, 0.2) is 65.3 Å². The maximum Gasteiger partial charge on any atom is 0.291 e. The van der Waals surface area contributed by atoms with Crippen LogP contribution in [0.2, 0.25) is 0 Å². The summed E-state index contributed by atoms with van der Waals surface area (Å²) in [6, 6.07) is 15.9. The first-order valence-corrected chi connectivity index (χ1v) is 10.0. The zero-order valence-corrected chi connectivity index (χ0v) is 17.3. The van der Waals surface area contributed by atoms with Crippen LogP contribution in [0.1, 0.15) is 28.1 Å². The van der Waals surface area contributed by atoms with Gasteiger partial charge in [0.2, 0.25) is 11.8 Å². The van der Waals surface area contributed by atoms with Gasteiger partial charge < -0.3 is 20.0 Å². The second-order valence-corrected chi connectivity index (χ2v) is 7.62. The van der Waals surface area contributed by atoms with Crippen molar-refractivity contribution in [2.45, 2.75) is 20.3 Å². The van der Waals surface area contributed by atoms with Crippen molar-refractivity contribution in [3.63, 3.8) is 0 Å². The summed E-state index contributed by atoms with van der Waals surface area (Å²) in [7, 11) is 0. The number of hydrogen-bond acceptors (Lipinski definition) is 4. The molecule has 1 aliphatic heterocycles. The third-order valence-electron chi connectivity index (χ3n) is 5.52. The summed E-state index contributed by atoms with van der Waals surface area (Å²) in [5.74, 6) is -0.807. The second kappa shape index (κ2) is 8.47. The Kier molecular flexibility index (Phi) is 5.58. The SMILES string of the molecule is Cc1cccc(N2C[C@@H](C(=O)Nc3ccc(NC(=O)c4ccco4)cc3)CC2=O)c1C. The van der Waals surface area contributed by atoms with E-state index in [0.717, 1.165) is 16.8 Å². The largest absolute Gasteiger partial charge is 0.459 e. The predicted molar refractivity (Wildman–Crippen MR) is 118 cm³/mol. The molecular weight excluding hydrogens is 394 g/mol. The first kappa shape index (κ1) is 20.4. The number of anilines is 3. The Balaban J connectivity index is 1.38. The minimum atomic E-state index is -0.425. The monoisotopic (exact) mass is 417 g/mol. The lowest BCUT2D eigenvalue weighted by Crippen LogP contribution is -2.28. The van der Waals surface area contributed by atoms with E-state index >= 15 is 0 Å². The molecule has 0 saturated carbocycles. The fourth-order valence-electron chi connectivity index (χ4n) is 3.63. The van der Waals surface area contributed by atoms with Gasteiger partial charge in [-0.1, -0.05) is 12.1 Å². The lowest BCUT2D eigenvalue weighted by Gasteiger charge is -2.20. The van der Waals surface area contributed by atoms with Crippen molar-refractivity contribution in [1.29, 1.82) is 0 Å². The van der Waals surface area contributed by atoms with Gasteiger partial charge in [-0.25, -0.2) is 0 Å². The maximum atomic E-state index is 12.7. The zero-order chi connectivity index (χ0) is 22.0. The summed E-state index contributed by atoms with van der Waals surface area (Å²) in [4.78, 5) is 39.0. The fourth-order valence-corrected chi connectivity index (χ4v) is 3.63. The molecule has 158 valence electrons. The van der Waals surface area contributed by atoms with Gasteiger partial charge in [-0.3, -0.25) is 14.4 Å². The molecular formula is C24H23N3O4. The van der Waals surface area contributed by atoms with Crippen molar-refractivity contribution >= 4 is 34.8 Å². The molecule has 2 heterocycles. The minimum absolute atomic E-state index is 0.0511. The van der Waals surface area contributed by atoms with E-state index < -0.39 is 5.92 Å². The molecule has 7 heteroatoms. The van der Waals surface area contributed by atoms with Gasteiger partial charge in [0.15, 0.2) is 5.76 Å². The average Bonchev–Trinajstić information content (AvgIpc) is 3.42. The van der Waals surface area contributed by atoms with E-state index in [1.807, 2.05) is 32.0 Å². The van der Waals surface area contributed by atoms with Crippen molar-refractivity contribution in [2.24, 2.45) is 5.92 Å². The van der Waals surface area contributed by atoms with Gasteiger partial charge in [-0.2, -0.15) is 0 Å². The van der Waals surface area contributed by atoms with Crippen LogP contribution in [0, 0.1) is 19.8 Å². The number of nitrogens with zero attached hydrogens (tertiary/aromatic N) is 1. The number of rotatable bonds is 5. The van der Waals surface area contributed by atoms with Gasteiger partial charge in [0.05, 0.1) is 12.2 Å². The number of carbonyl (C=O) groups excluding carboxylic acids is 3. The summed E-state index contributed by atoms with van der Waals surface area (Å²) in [5, 5.41) is 5.58. The van der Waals surface area contributed by atoms with Gasteiger partial charge in [-0.05, 0) is 67.4 Å². The molecule has 3 aromatic rings. The van der Waals surface area contributed by atoms with E-state index in [9.17, 15) is 14.4 Å². The zero-order valence-electron chi connectivity index (χ0n) is 17.3. The number of nitrogens with one attached hydrogen (secondary N) is 2. The van der Waals surface area contributed by atoms with Crippen molar-refractivity contribution in [3.8, 4) is 0 Å². The molecule has 0 aliphatic carbocycles. The Labute approximate surface area is 180 Å². The molecule has 1 aliphatic rings. The van der Waals surface area contributed by atoms with E-state index in [1.54, 1.807) is 41.3 Å².